The van der Waals surface area contributed by atoms with Crippen molar-refractivity contribution >= 4 is 23.2 Å². The summed E-state index contributed by atoms with van der Waals surface area (Å²) in [7, 11) is 0. The van der Waals surface area contributed by atoms with E-state index in [1.165, 1.54) is 18.2 Å². The van der Waals surface area contributed by atoms with Crippen LogP contribution in [-0.4, -0.2) is 18.6 Å². The predicted octanol–water partition coefficient (Wildman–Crippen LogP) is 2.21. The van der Waals surface area contributed by atoms with Crippen molar-refractivity contribution in [2.75, 3.05) is 12.3 Å². The van der Waals surface area contributed by atoms with Gasteiger partial charge in [-0.15, -0.1) is 0 Å². The number of anilines is 1. The Labute approximate surface area is 94.4 Å². The van der Waals surface area contributed by atoms with Gasteiger partial charge in [0.15, 0.2) is 0 Å². The first-order valence-corrected chi connectivity index (χ1v) is 4.57. The molecule has 0 heterocycles. The number of carbonyl (C=O) groups is 1. The Bertz CT molecular complexity index is 406. The lowest BCUT2D eigenvalue weighted by Gasteiger charge is -2.09. The fourth-order valence-electron chi connectivity index (χ4n) is 1.00. The molecule has 1 rings (SSSR count). The second-order valence-corrected chi connectivity index (χ2v) is 3.47. The van der Waals surface area contributed by atoms with Crippen molar-refractivity contribution in [3.8, 4) is 0 Å². The summed E-state index contributed by atoms with van der Waals surface area (Å²) in [5, 5.41) is 1.93. The lowest BCUT2D eigenvalue weighted by molar-refractivity contribution is -0.123. The third-order valence-corrected chi connectivity index (χ3v) is 1.94. The molecule has 0 bridgehead atoms. The van der Waals surface area contributed by atoms with E-state index in [-0.39, 0.29) is 16.3 Å². The van der Waals surface area contributed by atoms with Gasteiger partial charge >= 0.3 is 6.18 Å². The van der Waals surface area contributed by atoms with Crippen LogP contribution < -0.4 is 11.1 Å². The molecule has 0 aliphatic heterocycles. The summed E-state index contributed by atoms with van der Waals surface area (Å²) in [6.07, 6.45) is -4.46. The topological polar surface area (TPSA) is 55.1 Å². The van der Waals surface area contributed by atoms with Crippen molar-refractivity contribution in [3.05, 3.63) is 28.8 Å². The molecular formula is C9H8ClF3N2O. The smallest absolute Gasteiger partial charge is 0.398 e. The summed E-state index contributed by atoms with van der Waals surface area (Å²) >= 11 is 5.59. The van der Waals surface area contributed by atoms with E-state index in [4.69, 9.17) is 17.3 Å². The van der Waals surface area contributed by atoms with Crippen LogP contribution in [-0.2, 0) is 0 Å². The number of benzene rings is 1. The number of hydrogen-bond acceptors (Lipinski definition) is 2. The van der Waals surface area contributed by atoms with Crippen LogP contribution in [0.1, 0.15) is 10.4 Å². The Morgan fingerprint density at radius 2 is 2.06 bits per heavy atom. The number of alkyl halides is 3. The zero-order valence-electron chi connectivity index (χ0n) is 7.94. The van der Waals surface area contributed by atoms with Gasteiger partial charge in [0.25, 0.3) is 5.91 Å². The summed E-state index contributed by atoms with van der Waals surface area (Å²) in [5.74, 6) is -0.905. The lowest BCUT2D eigenvalue weighted by Crippen LogP contribution is -2.34. The van der Waals surface area contributed by atoms with Crippen molar-refractivity contribution in [2.24, 2.45) is 0 Å². The highest BCUT2D eigenvalue weighted by Gasteiger charge is 2.28. The highest BCUT2D eigenvalue weighted by atomic mass is 35.5. The Morgan fingerprint density at radius 1 is 1.44 bits per heavy atom. The summed E-state index contributed by atoms with van der Waals surface area (Å²) in [6, 6.07) is 4.00. The third-order valence-electron chi connectivity index (χ3n) is 1.71. The van der Waals surface area contributed by atoms with E-state index in [9.17, 15) is 18.0 Å². The number of amides is 1. The average molecular weight is 253 g/mol. The van der Waals surface area contributed by atoms with Crippen LogP contribution >= 0.6 is 11.6 Å². The maximum Gasteiger partial charge on any atom is 0.405 e. The zero-order chi connectivity index (χ0) is 12.3. The number of carbonyl (C=O) groups excluding carboxylic acids is 1. The van der Waals surface area contributed by atoms with Crippen LogP contribution in [0.5, 0.6) is 0 Å². The molecule has 0 aromatic heterocycles. The lowest BCUT2D eigenvalue weighted by atomic mass is 10.1. The van der Waals surface area contributed by atoms with Gasteiger partial charge < -0.3 is 11.1 Å². The second-order valence-electron chi connectivity index (χ2n) is 3.03. The van der Waals surface area contributed by atoms with E-state index in [0.717, 1.165) is 0 Å². The number of nitrogen functional groups attached to an aromatic ring is 1. The molecular weight excluding hydrogens is 245 g/mol. The normalized spacial score (nSPS) is 11.2. The molecule has 0 atom stereocenters. The van der Waals surface area contributed by atoms with Crippen LogP contribution in [0.4, 0.5) is 18.9 Å². The standard InChI is InChI=1S/C9H8ClF3N2O/c10-5-1-2-7(14)6(3-5)8(16)15-4-9(11,12)13/h1-3H,4,14H2,(H,15,16). The van der Waals surface area contributed by atoms with E-state index in [1.807, 2.05) is 0 Å². The average Bonchev–Trinajstić information content (AvgIpc) is 2.17. The Balaban J connectivity index is 2.77. The largest absolute Gasteiger partial charge is 0.405 e. The molecule has 0 fully saturated rings. The van der Waals surface area contributed by atoms with Gasteiger partial charge in [-0.1, -0.05) is 11.6 Å². The third kappa shape index (κ3) is 3.62. The van der Waals surface area contributed by atoms with Gasteiger partial charge in [-0.3, -0.25) is 4.79 Å². The number of halogens is 4. The van der Waals surface area contributed by atoms with E-state index in [1.54, 1.807) is 5.32 Å². The molecule has 0 unspecified atom stereocenters. The first-order chi connectivity index (χ1) is 7.29. The molecule has 88 valence electrons. The molecule has 16 heavy (non-hydrogen) atoms. The number of rotatable bonds is 2. The van der Waals surface area contributed by atoms with Crippen molar-refractivity contribution in [2.45, 2.75) is 6.18 Å². The quantitative estimate of drug-likeness (QED) is 0.793. The van der Waals surface area contributed by atoms with Crippen molar-refractivity contribution in [1.82, 2.24) is 5.32 Å². The van der Waals surface area contributed by atoms with Gasteiger partial charge in [-0.25, -0.2) is 0 Å². The van der Waals surface area contributed by atoms with Crippen molar-refractivity contribution < 1.29 is 18.0 Å². The fourth-order valence-corrected chi connectivity index (χ4v) is 1.17. The molecule has 0 saturated heterocycles. The van der Waals surface area contributed by atoms with Crippen LogP contribution in [0.25, 0.3) is 0 Å². The molecule has 0 radical (unpaired) electrons. The number of nitrogens with two attached hydrogens (primary N) is 1. The first kappa shape index (κ1) is 12.6. The number of nitrogens with one attached hydrogen (secondary N) is 1. The Morgan fingerprint density at radius 3 is 2.62 bits per heavy atom. The van der Waals surface area contributed by atoms with E-state index in [2.05, 4.69) is 0 Å². The zero-order valence-corrected chi connectivity index (χ0v) is 8.69. The SMILES string of the molecule is Nc1ccc(Cl)cc1C(=O)NCC(F)(F)F. The fraction of sp³-hybridized carbons (Fsp3) is 0.222. The van der Waals surface area contributed by atoms with Crippen LogP contribution in [0.15, 0.2) is 18.2 Å². The second kappa shape index (κ2) is 4.61. The van der Waals surface area contributed by atoms with Crippen LogP contribution in [0.3, 0.4) is 0 Å². The Hall–Kier alpha value is -1.43. The molecule has 1 amide bonds. The summed E-state index contributed by atoms with van der Waals surface area (Å²) in [4.78, 5) is 11.3. The first-order valence-electron chi connectivity index (χ1n) is 4.19. The summed E-state index contributed by atoms with van der Waals surface area (Å²) in [6.45, 7) is -1.40. The van der Waals surface area contributed by atoms with Gasteiger partial charge in [-0.05, 0) is 18.2 Å². The molecule has 0 saturated carbocycles. The van der Waals surface area contributed by atoms with Gasteiger partial charge in [0.2, 0.25) is 0 Å². The minimum Gasteiger partial charge on any atom is -0.398 e. The Kier molecular flexibility index (Phi) is 3.64. The summed E-state index contributed by atoms with van der Waals surface area (Å²) in [5.41, 5.74) is 5.43. The molecule has 3 N–H and O–H groups in total. The minimum absolute atomic E-state index is 0.0725. The molecule has 1 aromatic carbocycles. The molecule has 0 aliphatic carbocycles. The van der Waals surface area contributed by atoms with Crippen LogP contribution in [0, 0.1) is 0 Å². The molecule has 0 spiro atoms. The van der Waals surface area contributed by atoms with Gasteiger partial charge in [-0.2, -0.15) is 13.2 Å². The molecule has 1 aromatic rings. The highest BCUT2D eigenvalue weighted by Crippen LogP contribution is 2.18. The molecule has 3 nitrogen and oxygen atoms in total. The predicted molar refractivity (Wildman–Crippen MR) is 54.3 cm³/mol. The van der Waals surface area contributed by atoms with Gasteiger partial charge in [0, 0.05) is 10.7 Å². The van der Waals surface area contributed by atoms with E-state index >= 15 is 0 Å². The minimum atomic E-state index is -4.46. The van der Waals surface area contributed by atoms with E-state index in [0.29, 0.717) is 0 Å². The monoisotopic (exact) mass is 252 g/mol. The summed E-state index contributed by atoms with van der Waals surface area (Å²) < 4.78 is 35.5. The highest BCUT2D eigenvalue weighted by molar-refractivity contribution is 6.31. The van der Waals surface area contributed by atoms with Crippen molar-refractivity contribution in [1.29, 1.82) is 0 Å². The van der Waals surface area contributed by atoms with Gasteiger partial charge in [0.05, 0.1) is 5.56 Å². The number of hydrogen-bond donors (Lipinski definition) is 2. The maximum atomic E-state index is 11.8. The maximum absolute atomic E-state index is 11.8. The van der Waals surface area contributed by atoms with Gasteiger partial charge in [0.1, 0.15) is 6.54 Å². The molecule has 0 aliphatic rings. The van der Waals surface area contributed by atoms with Crippen molar-refractivity contribution in [3.63, 3.8) is 0 Å². The molecule has 7 heteroatoms. The van der Waals surface area contributed by atoms with Crippen LogP contribution in [0.2, 0.25) is 5.02 Å². The van der Waals surface area contributed by atoms with E-state index < -0.39 is 18.6 Å².